The summed E-state index contributed by atoms with van der Waals surface area (Å²) < 4.78 is 0. The Bertz CT molecular complexity index is 889. The fraction of sp³-hybridized carbons (Fsp3) is 0.211. The van der Waals surface area contributed by atoms with E-state index in [1.807, 2.05) is 47.8 Å². The second-order valence-electron chi connectivity index (χ2n) is 5.76. The molecule has 0 fully saturated rings. The highest BCUT2D eigenvalue weighted by atomic mass is 32.1. The largest absolute Gasteiger partial charge is 0.346 e. The molecule has 0 aliphatic heterocycles. The van der Waals surface area contributed by atoms with E-state index in [1.54, 1.807) is 23.2 Å². The molecule has 0 saturated heterocycles. The van der Waals surface area contributed by atoms with Crippen LogP contribution in [-0.4, -0.2) is 16.8 Å². The zero-order valence-electron chi connectivity index (χ0n) is 14.6. The number of nitrogens with zero attached hydrogens (tertiary/aromatic N) is 2. The van der Waals surface area contributed by atoms with E-state index in [-0.39, 0.29) is 11.8 Å². The summed E-state index contributed by atoms with van der Waals surface area (Å²) >= 11 is 2.85. The monoisotopic (exact) mass is 385 g/mol. The van der Waals surface area contributed by atoms with Crippen LogP contribution in [0.2, 0.25) is 0 Å². The van der Waals surface area contributed by atoms with Gasteiger partial charge in [0.2, 0.25) is 5.91 Å². The number of thiazole rings is 1. The number of thiophene rings is 1. The first-order valence-corrected chi connectivity index (χ1v) is 9.84. The quantitative estimate of drug-likeness (QED) is 0.698. The van der Waals surface area contributed by atoms with Crippen LogP contribution in [0.1, 0.15) is 32.7 Å². The van der Waals surface area contributed by atoms with Gasteiger partial charge in [-0.1, -0.05) is 47.7 Å². The Morgan fingerprint density at radius 3 is 2.58 bits per heavy atom. The SMILES string of the molecule is CC(=O)N(Cc1ccccc1)c1nc(C)c(C(=O)NCc2cccs2)s1. The number of anilines is 1. The van der Waals surface area contributed by atoms with Gasteiger partial charge < -0.3 is 5.32 Å². The summed E-state index contributed by atoms with van der Waals surface area (Å²) in [6.07, 6.45) is 0. The number of carbonyl (C=O) groups is 2. The Hall–Kier alpha value is -2.51. The van der Waals surface area contributed by atoms with Gasteiger partial charge in [-0.2, -0.15) is 0 Å². The second kappa shape index (κ2) is 8.25. The summed E-state index contributed by atoms with van der Waals surface area (Å²) in [6, 6.07) is 13.7. The van der Waals surface area contributed by atoms with Crippen molar-refractivity contribution in [1.82, 2.24) is 10.3 Å². The molecule has 1 aromatic carbocycles. The predicted octanol–water partition coefficient (Wildman–Crippen LogP) is 4.00. The number of nitrogens with one attached hydrogen (secondary N) is 1. The van der Waals surface area contributed by atoms with Gasteiger partial charge in [0.1, 0.15) is 4.88 Å². The number of rotatable bonds is 6. The van der Waals surface area contributed by atoms with Crippen LogP contribution in [0.5, 0.6) is 0 Å². The maximum atomic E-state index is 12.5. The van der Waals surface area contributed by atoms with Crippen LogP contribution in [0.25, 0.3) is 0 Å². The fourth-order valence-electron chi connectivity index (χ4n) is 2.45. The molecule has 3 rings (SSSR count). The van der Waals surface area contributed by atoms with E-state index < -0.39 is 0 Å². The Labute approximate surface area is 160 Å². The summed E-state index contributed by atoms with van der Waals surface area (Å²) in [7, 11) is 0. The lowest BCUT2D eigenvalue weighted by Crippen LogP contribution is -2.27. The maximum Gasteiger partial charge on any atom is 0.263 e. The minimum absolute atomic E-state index is 0.104. The molecule has 0 aliphatic carbocycles. The molecule has 2 amide bonds. The van der Waals surface area contributed by atoms with Crippen molar-refractivity contribution >= 4 is 39.6 Å². The van der Waals surface area contributed by atoms with Gasteiger partial charge in [-0.3, -0.25) is 14.5 Å². The molecule has 1 N–H and O–H groups in total. The number of benzene rings is 1. The van der Waals surface area contributed by atoms with Gasteiger partial charge in [0.05, 0.1) is 18.8 Å². The third kappa shape index (κ3) is 4.36. The molecule has 0 atom stereocenters. The highest BCUT2D eigenvalue weighted by Gasteiger charge is 2.21. The van der Waals surface area contributed by atoms with E-state index in [1.165, 1.54) is 18.3 Å². The minimum atomic E-state index is -0.164. The van der Waals surface area contributed by atoms with Crippen LogP contribution in [0.3, 0.4) is 0 Å². The van der Waals surface area contributed by atoms with E-state index in [0.717, 1.165) is 10.4 Å². The van der Waals surface area contributed by atoms with Crippen molar-refractivity contribution in [2.75, 3.05) is 4.90 Å². The standard InChI is InChI=1S/C19H19N3O2S2/c1-13-17(18(24)20-11-16-9-6-10-25-16)26-19(21-13)22(14(2)23)12-15-7-4-3-5-8-15/h3-10H,11-12H2,1-2H3,(H,20,24). The van der Waals surface area contributed by atoms with Crippen LogP contribution in [0.4, 0.5) is 5.13 Å². The molecule has 0 spiro atoms. The van der Waals surface area contributed by atoms with E-state index in [4.69, 9.17) is 0 Å². The molecule has 3 aromatic rings. The summed E-state index contributed by atoms with van der Waals surface area (Å²) in [4.78, 5) is 32.3. The van der Waals surface area contributed by atoms with Gasteiger partial charge in [-0.05, 0) is 23.9 Å². The molecule has 134 valence electrons. The Balaban J connectivity index is 1.76. The third-order valence-corrected chi connectivity index (χ3v) is 5.84. The van der Waals surface area contributed by atoms with Crippen LogP contribution in [-0.2, 0) is 17.9 Å². The molecule has 5 nitrogen and oxygen atoms in total. The third-order valence-electron chi connectivity index (χ3n) is 3.79. The maximum absolute atomic E-state index is 12.5. The molecule has 7 heteroatoms. The number of carbonyl (C=O) groups excluding carboxylic acids is 2. The van der Waals surface area contributed by atoms with Crippen molar-refractivity contribution in [3.8, 4) is 0 Å². The van der Waals surface area contributed by atoms with E-state index in [2.05, 4.69) is 10.3 Å². The zero-order valence-corrected chi connectivity index (χ0v) is 16.2. The van der Waals surface area contributed by atoms with E-state index >= 15 is 0 Å². The van der Waals surface area contributed by atoms with Crippen molar-refractivity contribution in [1.29, 1.82) is 0 Å². The van der Waals surface area contributed by atoms with Crippen molar-refractivity contribution < 1.29 is 9.59 Å². The molecule has 2 aromatic heterocycles. The minimum Gasteiger partial charge on any atom is -0.346 e. The first-order valence-electron chi connectivity index (χ1n) is 8.14. The van der Waals surface area contributed by atoms with Gasteiger partial charge in [-0.15, -0.1) is 11.3 Å². The average Bonchev–Trinajstić information content (AvgIpc) is 3.28. The Morgan fingerprint density at radius 2 is 1.92 bits per heavy atom. The second-order valence-corrected chi connectivity index (χ2v) is 7.77. The number of aromatic nitrogens is 1. The van der Waals surface area contributed by atoms with E-state index in [0.29, 0.717) is 28.8 Å². The van der Waals surface area contributed by atoms with Crippen LogP contribution in [0, 0.1) is 6.92 Å². The molecular formula is C19H19N3O2S2. The summed E-state index contributed by atoms with van der Waals surface area (Å²) in [5.41, 5.74) is 1.65. The lowest BCUT2D eigenvalue weighted by molar-refractivity contribution is -0.116. The molecule has 2 heterocycles. The zero-order chi connectivity index (χ0) is 18.5. The van der Waals surface area contributed by atoms with Gasteiger partial charge in [0.25, 0.3) is 5.91 Å². The first kappa shape index (κ1) is 18.3. The predicted molar refractivity (Wildman–Crippen MR) is 106 cm³/mol. The average molecular weight is 386 g/mol. The topological polar surface area (TPSA) is 62.3 Å². The Morgan fingerprint density at radius 1 is 1.15 bits per heavy atom. The first-order chi connectivity index (χ1) is 12.5. The van der Waals surface area contributed by atoms with Gasteiger partial charge in [0, 0.05) is 11.8 Å². The normalized spacial score (nSPS) is 10.5. The molecule has 26 heavy (non-hydrogen) atoms. The lowest BCUT2D eigenvalue weighted by Gasteiger charge is -2.17. The van der Waals surface area contributed by atoms with Crippen LogP contribution in [0.15, 0.2) is 47.8 Å². The number of amides is 2. The van der Waals surface area contributed by atoms with E-state index in [9.17, 15) is 9.59 Å². The number of hydrogen-bond donors (Lipinski definition) is 1. The summed E-state index contributed by atoms with van der Waals surface area (Å²) in [5.74, 6) is -0.268. The molecule has 0 aliphatic rings. The molecule has 0 saturated carbocycles. The van der Waals surface area contributed by atoms with Crippen molar-refractivity contribution in [2.24, 2.45) is 0 Å². The fourth-order valence-corrected chi connectivity index (χ4v) is 4.12. The van der Waals surface area contributed by atoms with Gasteiger partial charge in [0.15, 0.2) is 5.13 Å². The van der Waals surface area contributed by atoms with Crippen LogP contribution < -0.4 is 10.2 Å². The van der Waals surface area contributed by atoms with Crippen molar-refractivity contribution in [3.63, 3.8) is 0 Å². The van der Waals surface area contributed by atoms with Gasteiger partial charge in [-0.25, -0.2) is 4.98 Å². The smallest absolute Gasteiger partial charge is 0.263 e. The Kier molecular flexibility index (Phi) is 5.80. The molecule has 0 radical (unpaired) electrons. The number of hydrogen-bond acceptors (Lipinski definition) is 5. The molecular weight excluding hydrogens is 366 g/mol. The summed E-state index contributed by atoms with van der Waals surface area (Å²) in [6.45, 7) is 4.22. The van der Waals surface area contributed by atoms with Crippen LogP contribution >= 0.6 is 22.7 Å². The van der Waals surface area contributed by atoms with Crippen molar-refractivity contribution in [2.45, 2.75) is 26.9 Å². The highest BCUT2D eigenvalue weighted by molar-refractivity contribution is 7.17. The number of aryl methyl sites for hydroxylation is 1. The van der Waals surface area contributed by atoms with Gasteiger partial charge >= 0.3 is 0 Å². The molecule has 0 bridgehead atoms. The summed E-state index contributed by atoms with van der Waals surface area (Å²) in [5, 5.41) is 5.43. The molecule has 0 unspecified atom stereocenters. The van der Waals surface area contributed by atoms with Crippen molar-refractivity contribution in [3.05, 3.63) is 68.9 Å². The lowest BCUT2D eigenvalue weighted by atomic mass is 10.2. The highest BCUT2D eigenvalue weighted by Crippen LogP contribution is 2.27.